The first-order chi connectivity index (χ1) is 18.7. The molecule has 4 nitrogen and oxygen atoms in total. The van der Waals surface area contributed by atoms with Crippen LogP contribution in [0.2, 0.25) is 0 Å². The highest BCUT2D eigenvalue weighted by molar-refractivity contribution is 5.32. The molecule has 0 fully saturated rings. The Hall–Kier alpha value is -3.45. The summed E-state index contributed by atoms with van der Waals surface area (Å²) in [6.45, 7) is 15.1. The lowest BCUT2D eigenvalue weighted by Gasteiger charge is -2.12. The second-order valence-electron chi connectivity index (χ2n) is 8.45. The number of aromatic nitrogens is 1. The number of nitrogens with two attached hydrogens (primary N) is 1. The lowest BCUT2D eigenvalue weighted by Crippen LogP contribution is -2.04. The van der Waals surface area contributed by atoms with Gasteiger partial charge in [0.05, 0.1) is 0 Å². The van der Waals surface area contributed by atoms with E-state index >= 15 is 0 Å². The molecule has 214 valence electrons. The zero-order valence-corrected chi connectivity index (χ0v) is 24.0. The number of alkyl halides is 2. The molecule has 0 saturated carbocycles. The first-order valence-corrected chi connectivity index (χ1v) is 13.1. The van der Waals surface area contributed by atoms with Gasteiger partial charge in [-0.1, -0.05) is 77.1 Å². The highest BCUT2D eigenvalue weighted by Crippen LogP contribution is 2.19. The van der Waals surface area contributed by atoms with Crippen molar-refractivity contribution in [3.05, 3.63) is 113 Å². The fraction of sp³-hybridized carbons (Fsp3) is 0.375. The molecule has 2 aromatic carbocycles. The Morgan fingerprint density at radius 1 is 1.05 bits per heavy atom. The highest BCUT2D eigenvalue weighted by Gasteiger charge is 2.10. The topological polar surface area (TPSA) is 60.5 Å². The molecule has 39 heavy (non-hydrogen) atoms. The van der Waals surface area contributed by atoms with Crippen LogP contribution in [-0.4, -0.2) is 25.2 Å². The Labute approximate surface area is 232 Å². The van der Waals surface area contributed by atoms with Crippen LogP contribution in [0.5, 0.6) is 0 Å². The van der Waals surface area contributed by atoms with Gasteiger partial charge in [-0.3, -0.25) is 4.98 Å². The van der Waals surface area contributed by atoms with E-state index in [1.807, 2.05) is 56.4 Å². The molecular formula is C32H44F3N3O. The third-order valence-electron chi connectivity index (χ3n) is 5.39. The van der Waals surface area contributed by atoms with Gasteiger partial charge < -0.3 is 15.5 Å². The van der Waals surface area contributed by atoms with Crippen LogP contribution in [0.1, 0.15) is 67.9 Å². The normalized spacial score (nSPS) is 10.5. The monoisotopic (exact) mass is 543 g/mol. The molecular weight excluding hydrogens is 499 g/mol. The molecule has 1 atom stereocenters. The summed E-state index contributed by atoms with van der Waals surface area (Å²) >= 11 is 0. The van der Waals surface area contributed by atoms with E-state index in [0.29, 0.717) is 12.5 Å². The number of rotatable bonds is 10. The Bertz CT molecular complexity index is 1060. The molecule has 0 aliphatic heterocycles. The highest BCUT2D eigenvalue weighted by atomic mass is 19.3. The Morgan fingerprint density at radius 3 is 2.18 bits per heavy atom. The number of nitrogens with zero attached hydrogens (tertiary/aromatic N) is 2. The minimum atomic E-state index is -2.64. The lowest BCUT2D eigenvalue weighted by molar-refractivity contribution is 0.0769. The van der Waals surface area contributed by atoms with Gasteiger partial charge in [0.1, 0.15) is 12.4 Å². The SMILES string of the molecule is C=C(OCc1ccc(CN)c(CCC)c1)C(F)F.C=NC.CC.CC(Cc1ccc(F)cc1)c1cccnc1. The maximum absolute atomic E-state index is 12.7. The van der Waals surface area contributed by atoms with Gasteiger partial charge in [-0.05, 0) is 71.5 Å². The summed E-state index contributed by atoms with van der Waals surface area (Å²) < 4.78 is 42.1. The number of hydrogen-bond donors (Lipinski definition) is 1. The fourth-order valence-electron chi connectivity index (χ4n) is 3.47. The van der Waals surface area contributed by atoms with Gasteiger partial charge >= 0.3 is 0 Å². The number of hydrogen-bond acceptors (Lipinski definition) is 4. The van der Waals surface area contributed by atoms with E-state index in [2.05, 4.69) is 43.2 Å². The fourth-order valence-corrected chi connectivity index (χ4v) is 3.47. The second-order valence-corrected chi connectivity index (χ2v) is 8.45. The molecule has 1 aromatic heterocycles. The van der Waals surface area contributed by atoms with Crippen molar-refractivity contribution in [3.8, 4) is 0 Å². The molecule has 3 aromatic rings. The van der Waals surface area contributed by atoms with Crippen LogP contribution in [-0.2, 0) is 30.7 Å². The Morgan fingerprint density at radius 2 is 1.67 bits per heavy atom. The number of aliphatic imine (C=N–C) groups is 1. The molecule has 1 heterocycles. The van der Waals surface area contributed by atoms with Crippen LogP contribution in [0, 0.1) is 5.82 Å². The molecule has 0 aliphatic rings. The Kier molecular flexibility index (Phi) is 19.6. The van der Waals surface area contributed by atoms with Crippen LogP contribution < -0.4 is 5.73 Å². The zero-order chi connectivity index (χ0) is 29.6. The van der Waals surface area contributed by atoms with E-state index in [4.69, 9.17) is 10.5 Å². The summed E-state index contributed by atoms with van der Waals surface area (Å²) in [5.41, 5.74) is 11.1. The summed E-state index contributed by atoms with van der Waals surface area (Å²) in [5.74, 6) is -0.271. The van der Waals surface area contributed by atoms with Crippen LogP contribution >= 0.6 is 0 Å². The van der Waals surface area contributed by atoms with E-state index in [1.54, 1.807) is 13.2 Å². The minimum Gasteiger partial charge on any atom is -0.488 e. The number of aryl methyl sites for hydroxylation is 1. The van der Waals surface area contributed by atoms with Crippen molar-refractivity contribution in [2.75, 3.05) is 7.05 Å². The largest absolute Gasteiger partial charge is 0.488 e. The smallest absolute Gasteiger partial charge is 0.294 e. The zero-order valence-electron chi connectivity index (χ0n) is 24.0. The first kappa shape index (κ1) is 35.5. The van der Waals surface area contributed by atoms with Crippen molar-refractivity contribution < 1.29 is 17.9 Å². The second kappa shape index (κ2) is 21.5. The number of halogens is 3. The summed E-state index contributed by atoms with van der Waals surface area (Å²) in [7, 11) is 1.64. The van der Waals surface area contributed by atoms with Gasteiger partial charge in [-0.2, -0.15) is 0 Å². The standard InChI is InChI=1S/C14H19F2NO.C14H14FN.C2H5N.C2H6/c1-3-4-12-7-11(5-6-13(12)8-17)9-18-10(2)14(15)16;1-11(13-3-2-8-16-10-13)9-12-4-6-14(15)7-5-12;1-3-2;1-2/h5-7,14H,2-4,8-9,17H2,1H3;2-8,10-11H,9H2,1H3;1H2,2H3;1-2H3. The average molecular weight is 544 g/mol. The summed E-state index contributed by atoms with van der Waals surface area (Å²) in [6.07, 6.45) is 3.87. The van der Waals surface area contributed by atoms with Crippen molar-refractivity contribution in [1.82, 2.24) is 4.98 Å². The van der Waals surface area contributed by atoms with Crippen LogP contribution in [0.15, 0.2) is 84.3 Å². The number of benzene rings is 2. The van der Waals surface area contributed by atoms with Gasteiger partial charge in [0.15, 0.2) is 5.76 Å². The maximum Gasteiger partial charge on any atom is 0.294 e. The van der Waals surface area contributed by atoms with Gasteiger partial charge in [-0.25, -0.2) is 13.2 Å². The third kappa shape index (κ3) is 14.9. The predicted molar refractivity (Wildman–Crippen MR) is 158 cm³/mol. The Balaban J connectivity index is 0.000000638. The van der Waals surface area contributed by atoms with Crippen molar-refractivity contribution in [2.45, 2.75) is 72.5 Å². The molecule has 2 N–H and O–H groups in total. The molecule has 0 saturated heterocycles. The summed E-state index contributed by atoms with van der Waals surface area (Å²) in [4.78, 5) is 7.35. The van der Waals surface area contributed by atoms with Gasteiger partial charge in [0.2, 0.25) is 0 Å². The molecule has 0 spiro atoms. The predicted octanol–water partition coefficient (Wildman–Crippen LogP) is 8.30. The number of ether oxygens (including phenoxy) is 1. The molecule has 0 radical (unpaired) electrons. The molecule has 0 aliphatic carbocycles. The van der Waals surface area contributed by atoms with Crippen molar-refractivity contribution in [2.24, 2.45) is 10.7 Å². The van der Waals surface area contributed by atoms with Crippen LogP contribution in [0.4, 0.5) is 13.2 Å². The quantitative estimate of drug-likeness (QED) is 0.207. The molecule has 3 rings (SSSR count). The average Bonchev–Trinajstić information content (AvgIpc) is 2.95. The van der Waals surface area contributed by atoms with Crippen molar-refractivity contribution in [3.63, 3.8) is 0 Å². The molecule has 0 amide bonds. The molecule has 1 unspecified atom stereocenters. The van der Waals surface area contributed by atoms with E-state index in [-0.39, 0.29) is 12.4 Å². The van der Waals surface area contributed by atoms with E-state index in [0.717, 1.165) is 41.5 Å². The summed E-state index contributed by atoms with van der Waals surface area (Å²) in [6, 6.07) is 16.4. The van der Waals surface area contributed by atoms with Crippen molar-refractivity contribution in [1.29, 1.82) is 0 Å². The number of allylic oxidation sites excluding steroid dienone is 1. The van der Waals surface area contributed by atoms with Gasteiger partial charge in [-0.15, -0.1) is 0 Å². The minimum absolute atomic E-state index is 0.116. The van der Waals surface area contributed by atoms with Crippen LogP contribution in [0.25, 0.3) is 0 Å². The molecule has 0 bridgehead atoms. The van der Waals surface area contributed by atoms with E-state index < -0.39 is 12.2 Å². The lowest BCUT2D eigenvalue weighted by atomic mass is 9.95. The maximum atomic E-state index is 12.7. The summed E-state index contributed by atoms with van der Waals surface area (Å²) in [5, 5.41) is 0. The van der Waals surface area contributed by atoms with Crippen molar-refractivity contribution >= 4 is 6.72 Å². The molecule has 7 heteroatoms. The van der Waals surface area contributed by atoms with E-state index in [9.17, 15) is 13.2 Å². The third-order valence-corrected chi connectivity index (χ3v) is 5.39. The van der Waals surface area contributed by atoms with E-state index in [1.165, 1.54) is 17.7 Å². The van der Waals surface area contributed by atoms with Crippen LogP contribution in [0.3, 0.4) is 0 Å². The first-order valence-electron chi connectivity index (χ1n) is 13.1. The van der Waals surface area contributed by atoms with Gasteiger partial charge in [0, 0.05) is 26.0 Å². The van der Waals surface area contributed by atoms with Gasteiger partial charge in [0.25, 0.3) is 6.43 Å². The number of pyridine rings is 1.